The molecule has 0 radical (unpaired) electrons. The molecule has 22 heavy (non-hydrogen) atoms. The van der Waals surface area contributed by atoms with Gasteiger partial charge in [-0.1, -0.05) is 25.0 Å². The Morgan fingerprint density at radius 2 is 1.77 bits per heavy atom. The molecule has 2 N–H and O–H groups in total. The fourth-order valence-electron chi connectivity index (χ4n) is 2.84. The van der Waals surface area contributed by atoms with Crippen LogP contribution < -0.4 is 10.6 Å². The molecule has 3 rings (SSSR count). The number of carbonyl (C=O) groups is 2. The summed E-state index contributed by atoms with van der Waals surface area (Å²) in [5.41, 5.74) is 0.970. The molecule has 4 nitrogen and oxygen atoms in total. The van der Waals surface area contributed by atoms with Gasteiger partial charge in [0.15, 0.2) is 0 Å². The zero-order valence-electron chi connectivity index (χ0n) is 12.1. The lowest BCUT2D eigenvalue weighted by Gasteiger charge is -2.15. The summed E-state index contributed by atoms with van der Waals surface area (Å²) < 4.78 is -0.967. The molecular weight excluding hydrogens is 323 g/mol. The monoisotopic (exact) mass is 340 g/mol. The Kier molecular flexibility index (Phi) is 4.33. The number of hydrogen-bond acceptors (Lipinski definition) is 2. The van der Waals surface area contributed by atoms with E-state index in [2.05, 4.69) is 10.6 Å². The van der Waals surface area contributed by atoms with Crippen molar-refractivity contribution in [3.8, 4) is 0 Å². The molecule has 0 bridgehead atoms. The minimum absolute atomic E-state index is 0.151. The lowest BCUT2D eigenvalue weighted by molar-refractivity contribution is -0.117. The average molecular weight is 341 g/mol. The van der Waals surface area contributed by atoms with Gasteiger partial charge in [0, 0.05) is 6.04 Å². The Bertz CT molecular complexity index is 598. The minimum atomic E-state index is -0.967. The number of hydrogen-bond donors (Lipinski definition) is 2. The first-order chi connectivity index (χ1) is 10.5. The summed E-state index contributed by atoms with van der Waals surface area (Å²) in [7, 11) is 0. The fourth-order valence-corrected chi connectivity index (χ4v) is 3.35. The number of alkyl halides is 2. The molecule has 2 amide bonds. The average Bonchev–Trinajstić information content (AvgIpc) is 2.86. The molecule has 2 aliphatic rings. The molecule has 1 atom stereocenters. The summed E-state index contributed by atoms with van der Waals surface area (Å²) in [4.78, 5) is 24.5. The summed E-state index contributed by atoms with van der Waals surface area (Å²) in [5.74, 6) is -0.811. The number of halogens is 2. The maximum absolute atomic E-state index is 12.4. The molecule has 0 spiro atoms. The molecule has 0 unspecified atom stereocenters. The van der Waals surface area contributed by atoms with E-state index in [-0.39, 0.29) is 17.9 Å². The molecule has 2 saturated carbocycles. The number of amides is 2. The highest BCUT2D eigenvalue weighted by atomic mass is 35.5. The van der Waals surface area contributed by atoms with Gasteiger partial charge < -0.3 is 10.6 Å². The van der Waals surface area contributed by atoms with Crippen LogP contribution in [0.15, 0.2) is 24.3 Å². The largest absolute Gasteiger partial charge is 0.349 e. The van der Waals surface area contributed by atoms with Crippen LogP contribution in [0.5, 0.6) is 0 Å². The van der Waals surface area contributed by atoms with E-state index in [1.54, 1.807) is 24.3 Å². The molecule has 1 aromatic rings. The number of para-hydroxylation sites is 1. The third-order valence-electron chi connectivity index (χ3n) is 4.26. The molecule has 0 aromatic heterocycles. The van der Waals surface area contributed by atoms with Crippen molar-refractivity contribution in [3.05, 3.63) is 29.8 Å². The summed E-state index contributed by atoms with van der Waals surface area (Å²) in [6, 6.07) is 7.22. The topological polar surface area (TPSA) is 58.2 Å². The van der Waals surface area contributed by atoms with Gasteiger partial charge in [0.05, 0.1) is 17.2 Å². The first-order valence-corrected chi connectivity index (χ1v) is 8.31. The predicted octanol–water partition coefficient (Wildman–Crippen LogP) is 3.49. The van der Waals surface area contributed by atoms with E-state index in [9.17, 15) is 9.59 Å². The van der Waals surface area contributed by atoms with Gasteiger partial charge in [-0.3, -0.25) is 9.59 Å². The lowest BCUT2D eigenvalue weighted by atomic mass is 10.1. The molecule has 6 heteroatoms. The highest BCUT2D eigenvalue weighted by Gasteiger charge is 2.56. The van der Waals surface area contributed by atoms with Crippen LogP contribution in [0.1, 0.15) is 42.5 Å². The van der Waals surface area contributed by atoms with E-state index in [4.69, 9.17) is 23.2 Å². The summed E-state index contributed by atoms with van der Waals surface area (Å²) in [5, 5.41) is 5.79. The van der Waals surface area contributed by atoms with Crippen LogP contribution in [0.25, 0.3) is 0 Å². The Balaban J connectivity index is 1.69. The predicted molar refractivity (Wildman–Crippen MR) is 87.3 cm³/mol. The SMILES string of the molecule is O=C(NC1CCCC1)c1ccccc1NC(=O)[C@@H]1CC1(Cl)Cl. The second kappa shape index (κ2) is 6.09. The minimum Gasteiger partial charge on any atom is -0.349 e. The second-order valence-corrected chi connectivity index (χ2v) is 7.55. The molecule has 1 aromatic carbocycles. The van der Waals surface area contributed by atoms with Gasteiger partial charge in [-0.2, -0.15) is 0 Å². The molecule has 2 fully saturated rings. The Morgan fingerprint density at radius 3 is 2.41 bits per heavy atom. The number of nitrogens with one attached hydrogen (secondary N) is 2. The normalized spacial score (nSPS) is 23.1. The number of benzene rings is 1. The second-order valence-electron chi connectivity index (χ2n) is 6.01. The Labute approximate surface area is 139 Å². The highest BCUT2D eigenvalue weighted by Crippen LogP contribution is 2.53. The molecular formula is C16H18Cl2N2O2. The van der Waals surface area contributed by atoms with Crippen molar-refractivity contribution in [2.45, 2.75) is 42.5 Å². The van der Waals surface area contributed by atoms with Crippen molar-refractivity contribution in [2.24, 2.45) is 5.92 Å². The van der Waals surface area contributed by atoms with Gasteiger partial charge in [-0.05, 0) is 31.4 Å². The van der Waals surface area contributed by atoms with Crippen molar-refractivity contribution >= 4 is 40.7 Å². The fraction of sp³-hybridized carbons (Fsp3) is 0.500. The Morgan fingerprint density at radius 1 is 1.14 bits per heavy atom. The van der Waals surface area contributed by atoms with Gasteiger partial charge in [0.1, 0.15) is 4.33 Å². The highest BCUT2D eigenvalue weighted by molar-refractivity contribution is 6.52. The van der Waals surface area contributed by atoms with Crippen molar-refractivity contribution in [1.82, 2.24) is 5.32 Å². The van der Waals surface area contributed by atoms with Crippen LogP contribution >= 0.6 is 23.2 Å². The van der Waals surface area contributed by atoms with Gasteiger partial charge in [0.2, 0.25) is 5.91 Å². The first kappa shape index (κ1) is 15.6. The van der Waals surface area contributed by atoms with Crippen molar-refractivity contribution < 1.29 is 9.59 Å². The van der Waals surface area contributed by atoms with Gasteiger partial charge in [-0.15, -0.1) is 23.2 Å². The quantitative estimate of drug-likeness (QED) is 0.824. The van der Waals surface area contributed by atoms with E-state index < -0.39 is 10.3 Å². The van der Waals surface area contributed by atoms with Gasteiger partial charge in [0.25, 0.3) is 5.91 Å². The lowest BCUT2D eigenvalue weighted by Crippen LogP contribution is -2.33. The van der Waals surface area contributed by atoms with E-state index in [0.29, 0.717) is 17.7 Å². The summed E-state index contributed by atoms with van der Waals surface area (Å²) >= 11 is 11.8. The van der Waals surface area contributed by atoms with Crippen LogP contribution in [0.2, 0.25) is 0 Å². The van der Waals surface area contributed by atoms with E-state index in [1.807, 2.05) is 0 Å². The maximum Gasteiger partial charge on any atom is 0.253 e. The third kappa shape index (κ3) is 3.39. The third-order valence-corrected chi connectivity index (χ3v) is 5.10. The van der Waals surface area contributed by atoms with Crippen molar-refractivity contribution in [2.75, 3.05) is 5.32 Å². The van der Waals surface area contributed by atoms with Crippen LogP contribution in [0.4, 0.5) is 5.69 Å². The van der Waals surface area contributed by atoms with Crippen molar-refractivity contribution in [3.63, 3.8) is 0 Å². The van der Waals surface area contributed by atoms with E-state index in [0.717, 1.165) is 25.7 Å². The van der Waals surface area contributed by atoms with E-state index in [1.165, 1.54) is 0 Å². The molecule has 0 saturated heterocycles. The van der Waals surface area contributed by atoms with Crippen LogP contribution in [0.3, 0.4) is 0 Å². The molecule has 2 aliphatic carbocycles. The number of anilines is 1. The van der Waals surface area contributed by atoms with Crippen LogP contribution in [0, 0.1) is 5.92 Å². The smallest absolute Gasteiger partial charge is 0.253 e. The molecule has 0 heterocycles. The zero-order chi connectivity index (χ0) is 15.7. The Hall–Kier alpha value is -1.26. The summed E-state index contributed by atoms with van der Waals surface area (Å²) in [6.07, 6.45) is 4.78. The van der Waals surface area contributed by atoms with Crippen LogP contribution in [-0.2, 0) is 4.79 Å². The van der Waals surface area contributed by atoms with Gasteiger partial charge in [-0.25, -0.2) is 0 Å². The van der Waals surface area contributed by atoms with E-state index >= 15 is 0 Å². The first-order valence-electron chi connectivity index (χ1n) is 7.56. The molecule has 118 valence electrons. The maximum atomic E-state index is 12.4. The standard InChI is InChI=1S/C16H18Cl2N2O2/c17-16(18)9-12(16)15(22)20-13-8-4-3-7-11(13)14(21)19-10-5-1-2-6-10/h3-4,7-8,10,12H,1-2,5-6,9H2,(H,19,21)(H,20,22)/t12-/m0/s1. The van der Waals surface area contributed by atoms with Crippen molar-refractivity contribution in [1.29, 1.82) is 0 Å². The molecule has 0 aliphatic heterocycles. The summed E-state index contributed by atoms with van der Waals surface area (Å²) in [6.45, 7) is 0. The van der Waals surface area contributed by atoms with Crippen LogP contribution in [-0.4, -0.2) is 22.2 Å². The van der Waals surface area contributed by atoms with Gasteiger partial charge >= 0.3 is 0 Å². The number of rotatable bonds is 4. The zero-order valence-corrected chi connectivity index (χ0v) is 13.6. The number of carbonyl (C=O) groups excluding carboxylic acids is 2.